The van der Waals surface area contributed by atoms with Crippen molar-refractivity contribution in [3.05, 3.63) is 34.0 Å². The van der Waals surface area contributed by atoms with E-state index in [1.54, 1.807) is 4.57 Å². The first-order chi connectivity index (χ1) is 13.6. The Morgan fingerprint density at radius 2 is 2.07 bits per heavy atom. The fourth-order valence-corrected chi connectivity index (χ4v) is 3.58. The van der Waals surface area contributed by atoms with Crippen LogP contribution in [0.3, 0.4) is 0 Å². The van der Waals surface area contributed by atoms with Crippen LogP contribution in [0, 0.1) is 4.77 Å². The number of aryl methyl sites for hydroxylation is 1. The predicted molar refractivity (Wildman–Crippen MR) is 111 cm³/mol. The van der Waals surface area contributed by atoms with Crippen molar-refractivity contribution in [1.82, 2.24) is 25.0 Å². The standard InChI is InChI=1S/C18H22N6O2S2/c1-3-5-6-15-20-22-17(28-15)19-14(25)11-24-16(21-23-18(24)27)12-7-9-13(10-8-12)26-4-2/h7-10H,3-6,11H2,1-2H3,(H,23,27)(H,19,22,25). The van der Waals surface area contributed by atoms with Crippen LogP contribution in [-0.4, -0.2) is 37.5 Å². The van der Waals surface area contributed by atoms with E-state index < -0.39 is 0 Å². The van der Waals surface area contributed by atoms with Crippen molar-refractivity contribution >= 4 is 34.6 Å². The number of H-pyrrole nitrogens is 1. The number of rotatable bonds is 9. The number of unbranched alkanes of at least 4 members (excludes halogenated alkanes) is 1. The SMILES string of the molecule is CCCCc1nnc(NC(=O)Cn2c(-c3ccc(OCC)cc3)n[nH]c2=S)s1. The molecule has 3 aromatic rings. The van der Waals surface area contributed by atoms with Crippen LogP contribution in [0.1, 0.15) is 31.7 Å². The van der Waals surface area contributed by atoms with Gasteiger partial charge in [0.05, 0.1) is 6.61 Å². The quantitative estimate of drug-likeness (QED) is 0.513. The molecule has 1 aromatic carbocycles. The summed E-state index contributed by atoms with van der Waals surface area (Å²) in [6, 6.07) is 7.49. The minimum absolute atomic E-state index is 0.0295. The van der Waals surface area contributed by atoms with Crippen molar-refractivity contribution in [3.8, 4) is 17.1 Å². The lowest BCUT2D eigenvalue weighted by molar-refractivity contribution is -0.116. The van der Waals surface area contributed by atoms with Crippen molar-refractivity contribution < 1.29 is 9.53 Å². The van der Waals surface area contributed by atoms with Gasteiger partial charge in [-0.2, -0.15) is 5.10 Å². The molecule has 0 aliphatic rings. The summed E-state index contributed by atoms with van der Waals surface area (Å²) in [6.07, 6.45) is 3.02. The van der Waals surface area contributed by atoms with Gasteiger partial charge in [0.1, 0.15) is 17.3 Å². The summed E-state index contributed by atoms with van der Waals surface area (Å²) in [5, 5.41) is 19.4. The summed E-state index contributed by atoms with van der Waals surface area (Å²) in [4.78, 5) is 12.5. The molecule has 8 nitrogen and oxygen atoms in total. The van der Waals surface area contributed by atoms with Crippen LogP contribution in [0.5, 0.6) is 5.75 Å². The van der Waals surface area contributed by atoms with Crippen molar-refractivity contribution in [3.63, 3.8) is 0 Å². The molecule has 3 rings (SSSR count). The third-order valence-corrected chi connectivity index (χ3v) is 5.15. The first-order valence-corrected chi connectivity index (χ1v) is 10.3. The zero-order valence-electron chi connectivity index (χ0n) is 15.8. The molecule has 0 fully saturated rings. The molecule has 1 amide bonds. The smallest absolute Gasteiger partial charge is 0.246 e. The minimum atomic E-state index is -0.233. The van der Waals surface area contributed by atoms with Crippen LogP contribution in [0.2, 0.25) is 0 Å². The number of nitrogens with one attached hydrogen (secondary N) is 2. The van der Waals surface area contributed by atoms with E-state index in [-0.39, 0.29) is 12.5 Å². The van der Waals surface area contributed by atoms with E-state index in [0.717, 1.165) is 35.6 Å². The number of hydrogen-bond acceptors (Lipinski definition) is 7. The maximum atomic E-state index is 12.5. The third kappa shape index (κ3) is 5.02. The molecule has 0 saturated heterocycles. The van der Waals surface area contributed by atoms with Gasteiger partial charge in [-0.3, -0.25) is 19.8 Å². The highest BCUT2D eigenvalue weighted by Gasteiger charge is 2.14. The summed E-state index contributed by atoms with van der Waals surface area (Å²) in [7, 11) is 0. The van der Waals surface area contributed by atoms with Gasteiger partial charge in [0.25, 0.3) is 0 Å². The maximum absolute atomic E-state index is 12.5. The number of aromatic nitrogens is 5. The lowest BCUT2D eigenvalue weighted by Crippen LogP contribution is -2.19. The number of ether oxygens (including phenoxy) is 1. The van der Waals surface area contributed by atoms with Gasteiger partial charge in [-0.05, 0) is 49.8 Å². The molecular formula is C18H22N6O2S2. The summed E-state index contributed by atoms with van der Waals surface area (Å²) in [6.45, 7) is 4.69. The normalized spacial score (nSPS) is 10.8. The summed E-state index contributed by atoms with van der Waals surface area (Å²) in [5.74, 6) is 1.13. The van der Waals surface area contributed by atoms with Crippen LogP contribution in [-0.2, 0) is 17.8 Å². The van der Waals surface area contributed by atoms with E-state index in [4.69, 9.17) is 17.0 Å². The van der Waals surface area contributed by atoms with Gasteiger partial charge >= 0.3 is 0 Å². The average Bonchev–Trinajstić information content (AvgIpc) is 3.28. The van der Waals surface area contributed by atoms with E-state index in [9.17, 15) is 4.79 Å². The molecule has 2 aromatic heterocycles. The Bertz CT molecular complexity index is 977. The Hall–Kier alpha value is -2.59. The molecule has 0 atom stereocenters. The number of benzene rings is 1. The van der Waals surface area contributed by atoms with Gasteiger partial charge in [-0.25, -0.2) is 0 Å². The second-order valence-corrected chi connectivity index (χ2v) is 7.50. The zero-order chi connectivity index (χ0) is 19.9. The van der Waals surface area contributed by atoms with Crippen LogP contribution in [0.15, 0.2) is 24.3 Å². The second-order valence-electron chi connectivity index (χ2n) is 6.05. The van der Waals surface area contributed by atoms with E-state index in [0.29, 0.717) is 22.3 Å². The molecule has 0 spiro atoms. The van der Waals surface area contributed by atoms with Gasteiger partial charge in [0.2, 0.25) is 11.0 Å². The van der Waals surface area contributed by atoms with Crippen LogP contribution in [0.25, 0.3) is 11.4 Å². The monoisotopic (exact) mass is 418 g/mol. The summed E-state index contributed by atoms with van der Waals surface area (Å²) in [5.41, 5.74) is 0.835. The van der Waals surface area contributed by atoms with Gasteiger partial charge in [0.15, 0.2) is 10.6 Å². The number of carbonyl (C=O) groups is 1. The lowest BCUT2D eigenvalue weighted by Gasteiger charge is -2.07. The van der Waals surface area contributed by atoms with E-state index in [1.165, 1.54) is 11.3 Å². The average molecular weight is 419 g/mol. The molecule has 10 heteroatoms. The van der Waals surface area contributed by atoms with Crippen LogP contribution < -0.4 is 10.1 Å². The minimum Gasteiger partial charge on any atom is -0.494 e. The van der Waals surface area contributed by atoms with E-state index in [1.807, 2.05) is 31.2 Å². The highest BCUT2D eigenvalue weighted by atomic mass is 32.1. The van der Waals surface area contributed by atoms with Gasteiger partial charge in [0, 0.05) is 12.0 Å². The number of anilines is 1. The number of aromatic amines is 1. The number of nitrogens with zero attached hydrogens (tertiary/aromatic N) is 4. The van der Waals surface area contributed by atoms with Crippen LogP contribution >= 0.6 is 23.6 Å². The highest BCUT2D eigenvalue weighted by molar-refractivity contribution is 7.71. The molecule has 0 aliphatic carbocycles. The van der Waals surface area contributed by atoms with Gasteiger partial charge in [-0.1, -0.05) is 24.7 Å². The van der Waals surface area contributed by atoms with Gasteiger partial charge in [-0.15, -0.1) is 10.2 Å². The lowest BCUT2D eigenvalue weighted by atomic mass is 10.2. The highest BCUT2D eigenvalue weighted by Crippen LogP contribution is 2.22. The molecule has 2 heterocycles. The number of hydrogen-bond donors (Lipinski definition) is 2. The third-order valence-electron chi connectivity index (χ3n) is 3.94. The van der Waals surface area contributed by atoms with Crippen molar-refractivity contribution in [2.45, 2.75) is 39.7 Å². The molecule has 28 heavy (non-hydrogen) atoms. The first kappa shape index (κ1) is 20.2. The van der Waals surface area contributed by atoms with Crippen LogP contribution in [0.4, 0.5) is 5.13 Å². The molecular weight excluding hydrogens is 396 g/mol. The largest absolute Gasteiger partial charge is 0.494 e. The Balaban J connectivity index is 1.70. The predicted octanol–water partition coefficient (Wildman–Crippen LogP) is 3.84. The van der Waals surface area contributed by atoms with Crippen molar-refractivity contribution in [2.75, 3.05) is 11.9 Å². The summed E-state index contributed by atoms with van der Waals surface area (Å²) >= 11 is 6.69. The fourth-order valence-electron chi connectivity index (χ4n) is 2.59. The molecule has 0 saturated carbocycles. The zero-order valence-corrected chi connectivity index (χ0v) is 17.4. The molecule has 0 radical (unpaired) electrons. The molecule has 0 bridgehead atoms. The van der Waals surface area contributed by atoms with Gasteiger partial charge < -0.3 is 4.74 Å². The maximum Gasteiger partial charge on any atom is 0.246 e. The van der Waals surface area contributed by atoms with E-state index in [2.05, 4.69) is 32.6 Å². The van der Waals surface area contributed by atoms with Crippen molar-refractivity contribution in [1.29, 1.82) is 0 Å². The number of amides is 1. The Labute approximate surface area is 172 Å². The first-order valence-electron chi connectivity index (χ1n) is 9.11. The Morgan fingerprint density at radius 1 is 1.29 bits per heavy atom. The topological polar surface area (TPSA) is 97.7 Å². The van der Waals surface area contributed by atoms with E-state index >= 15 is 0 Å². The summed E-state index contributed by atoms with van der Waals surface area (Å²) < 4.78 is 7.49. The Morgan fingerprint density at radius 3 is 2.79 bits per heavy atom. The molecule has 0 unspecified atom stereocenters. The molecule has 0 aliphatic heterocycles. The molecule has 2 N–H and O–H groups in total. The fraction of sp³-hybridized carbons (Fsp3) is 0.389. The van der Waals surface area contributed by atoms with Crippen molar-refractivity contribution in [2.24, 2.45) is 0 Å². The Kier molecular flexibility index (Phi) is 6.88. The number of carbonyl (C=O) groups excluding carboxylic acids is 1. The second kappa shape index (κ2) is 9.56. The molecule has 148 valence electrons.